The molecule has 0 fully saturated rings. The van der Waals surface area contributed by atoms with E-state index < -0.39 is 0 Å². The summed E-state index contributed by atoms with van der Waals surface area (Å²) >= 11 is 0. The van der Waals surface area contributed by atoms with Crippen LogP contribution >= 0.6 is 0 Å². The van der Waals surface area contributed by atoms with Crippen LogP contribution in [-0.2, 0) is 13.0 Å². The van der Waals surface area contributed by atoms with Gasteiger partial charge >= 0.3 is 0 Å². The van der Waals surface area contributed by atoms with Crippen LogP contribution in [0.5, 0.6) is 0 Å². The van der Waals surface area contributed by atoms with Gasteiger partial charge in [0.25, 0.3) is 0 Å². The number of fused-ring (bicyclic) bond motifs is 2. The van der Waals surface area contributed by atoms with Crippen LogP contribution < -0.4 is 15.1 Å². The van der Waals surface area contributed by atoms with E-state index in [0.29, 0.717) is 0 Å². The predicted octanol–water partition coefficient (Wildman–Crippen LogP) is 4.62. The molecule has 3 nitrogen and oxygen atoms in total. The van der Waals surface area contributed by atoms with Gasteiger partial charge < -0.3 is 15.1 Å². The quantitative estimate of drug-likeness (QED) is 0.891. The summed E-state index contributed by atoms with van der Waals surface area (Å²) < 4.78 is 0. The third-order valence-corrected chi connectivity index (χ3v) is 4.94. The number of benzene rings is 2. The molecule has 0 saturated carbocycles. The average molecular weight is 317 g/mol. The van der Waals surface area contributed by atoms with Crippen molar-refractivity contribution in [2.24, 2.45) is 0 Å². The Balaban J connectivity index is 1.66. The SMILES string of the molecule is C=C(C)Nc1ccc2c(c1)C(=C)N(c1ccc3c(c1)N(C)CC3)C2. The maximum Gasteiger partial charge on any atom is 0.0488 e. The van der Waals surface area contributed by atoms with Crippen LogP contribution in [0.2, 0.25) is 0 Å². The van der Waals surface area contributed by atoms with Crippen molar-refractivity contribution >= 4 is 22.8 Å². The van der Waals surface area contributed by atoms with Crippen molar-refractivity contribution < 1.29 is 0 Å². The highest BCUT2D eigenvalue weighted by atomic mass is 15.2. The monoisotopic (exact) mass is 317 g/mol. The number of hydrogen-bond donors (Lipinski definition) is 1. The lowest BCUT2D eigenvalue weighted by atomic mass is 10.1. The van der Waals surface area contributed by atoms with Crippen LogP contribution in [0.15, 0.2) is 55.3 Å². The van der Waals surface area contributed by atoms with Crippen molar-refractivity contribution in [3.63, 3.8) is 0 Å². The van der Waals surface area contributed by atoms with Crippen molar-refractivity contribution in [1.29, 1.82) is 0 Å². The molecule has 122 valence electrons. The van der Waals surface area contributed by atoms with E-state index in [-0.39, 0.29) is 0 Å². The van der Waals surface area contributed by atoms with E-state index in [1.807, 2.05) is 6.92 Å². The van der Waals surface area contributed by atoms with E-state index in [1.165, 1.54) is 28.1 Å². The third kappa shape index (κ3) is 2.37. The average Bonchev–Trinajstić information content (AvgIpc) is 3.08. The maximum absolute atomic E-state index is 4.35. The van der Waals surface area contributed by atoms with Gasteiger partial charge in [0.2, 0.25) is 0 Å². The van der Waals surface area contributed by atoms with Crippen LogP contribution in [0.3, 0.4) is 0 Å². The van der Waals surface area contributed by atoms with E-state index in [2.05, 4.69) is 71.7 Å². The highest BCUT2D eigenvalue weighted by Gasteiger charge is 2.25. The van der Waals surface area contributed by atoms with Gasteiger partial charge in [-0.15, -0.1) is 0 Å². The molecule has 0 atom stereocenters. The molecule has 0 aromatic heterocycles. The van der Waals surface area contributed by atoms with Gasteiger partial charge in [0.1, 0.15) is 0 Å². The zero-order chi connectivity index (χ0) is 16.8. The number of hydrogen-bond acceptors (Lipinski definition) is 3. The Kier molecular flexibility index (Phi) is 3.38. The Bertz CT molecular complexity index is 850. The second-order valence-electron chi connectivity index (χ2n) is 6.79. The molecule has 0 amide bonds. The Labute approximate surface area is 143 Å². The summed E-state index contributed by atoms with van der Waals surface area (Å²) in [6.45, 7) is 12.2. The maximum atomic E-state index is 4.35. The smallest absolute Gasteiger partial charge is 0.0488 e. The molecule has 2 heterocycles. The van der Waals surface area contributed by atoms with E-state index >= 15 is 0 Å². The number of allylic oxidation sites excluding steroid dienone is 1. The van der Waals surface area contributed by atoms with E-state index in [0.717, 1.165) is 36.6 Å². The van der Waals surface area contributed by atoms with Gasteiger partial charge in [0.05, 0.1) is 0 Å². The van der Waals surface area contributed by atoms with E-state index in [9.17, 15) is 0 Å². The fourth-order valence-electron chi connectivity index (χ4n) is 3.66. The van der Waals surface area contributed by atoms with Gasteiger partial charge in [-0.3, -0.25) is 0 Å². The highest BCUT2D eigenvalue weighted by Crippen LogP contribution is 2.39. The van der Waals surface area contributed by atoms with Crippen LogP contribution in [-0.4, -0.2) is 13.6 Å². The summed E-state index contributed by atoms with van der Waals surface area (Å²) in [5.41, 5.74) is 9.62. The highest BCUT2D eigenvalue weighted by molar-refractivity contribution is 5.86. The van der Waals surface area contributed by atoms with Gasteiger partial charge in [0.15, 0.2) is 0 Å². The molecule has 4 rings (SSSR count). The number of rotatable bonds is 3. The lowest BCUT2D eigenvalue weighted by Gasteiger charge is -2.22. The Hall–Kier alpha value is -2.68. The summed E-state index contributed by atoms with van der Waals surface area (Å²) in [7, 11) is 2.17. The van der Waals surface area contributed by atoms with Gasteiger partial charge in [-0.2, -0.15) is 0 Å². The van der Waals surface area contributed by atoms with Crippen LogP contribution in [0.4, 0.5) is 17.1 Å². The van der Waals surface area contributed by atoms with E-state index in [1.54, 1.807) is 0 Å². The first-order valence-electron chi connectivity index (χ1n) is 8.39. The number of nitrogens with zero attached hydrogens (tertiary/aromatic N) is 2. The minimum absolute atomic E-state index is 0.879. The van der Waals surface area contributed by atoms with Gasteiger partial charge in [-0.05, 0) is 48.7 Å². The summed E-state index contributed by atoms with van der Waals surface area (Å²) in [6.07, 6.45) is 1.14. The molecule has 0 saturated heterocycles. The Morgan fingerprint density at radius 1 is 1.12 bits per heavy atom. The van der Waals surface area contributed by atoms with E-state index in [4.69, 9.17) is 0 Å². The van der Waals surface area contributed by atoms with Crippen molar-refractivity contribution in [2.75, 3.05) is 28.7 Å². The fourth-order valence-corrected chi connectivity index (χ4v) is 3.66. The first-order valence-corrected chi connectivity index (χ1v) is 8.39. The molecule has 0 spiro atoms. The second kappa shape index (κ2) is 5.45. The van der Waals surface area contributed by atoms with Crippen LogP contribution in [0, 0.1) is 0 Å². The minimum Gasteiger partial charge on any atom is -0.374 e. The standard InChI is InChI=1S/C21H23N3/c1-14(2)22-18-7-5-17-13-24(15(3)20(17)11-18)19-8-6-16-9-10-23(4)21(16)12-19/h5-8,11-12,22H,1,3,9-10,13H2,2,4H3. The van der Waals surface area contributed by atoms with Crippen molar-refractivity contribution in [1.82, 2.24) is 0 Å². The third-order valence-electron chi connectivity index (χ3n) is 4.94. The number of anilines is 3. The molecule has 2 aromatic rings. The normalized spacial score (nSPS) is 15.5. The Morgan fingerprint density at radius 2 is 1.92 bits per heavy atom. The molecule has 2 aliphatic heterocycles. The topological polar surface area (TPSA) is 18.5 Å². The van der Waals surface area contributed by atoms with Crippen LogP contribution in [0.1, 0.15) is 23.6 Å². The fraction of sp³-hybridized carbons (Fsp3) is 0.238. The van der Waals surface area contributed by atoms with Crippen LogP contribution in [0.25, 0.3) is 5.70 Å². The predicted molar refractivity (Wildman–Crippen MR) is 104 cm³/mol. The molecule has 2 aliphatic rings. The summed E-state index contributed by atoms with van der Waals surface area (Å²) in [4.78, 5) is 4.64. The Morgan fingerprint density at radius 3 is 2.71 bits per heavy atom. The molecular formula is C21H23N3. The first kappa shape index (κ1) is 14.9. The molecule has 0 radical (unpaired) electrons. The second-order valence-corrected chi connectivity index (χ2v) is 6.79. The summed E-state index contributed by atoms with van der Waals surface area (Å²) in [5.74, 6) is 0. The lowest BCUT2D eigenvalue weighted by Crippen LogP contribution is -2.15. The molecule has 24 heavy (non-hydrogen) atoms. The molecule has 0 unspecified atom stereocenters. The zero-order valence-electron chi connectivity index (χ0n) is 14.4. The summed E-state index contributed by atoms with van der Waals surface area (Å²) in [5, 5.41) is 3.29. The number of nitrogens with one attached hydrogen (secondary N) is 1. The van der Waals surface area contributed by atoms with Gasteiger partial charge in [0, 0.05) is 54.2 Å². The molecular weight excluding hydrogens is 294 g/mol. The molecule has 1 N–H and O–H groups in total. The molecule has 3 heteroatoms. The summed E-state index contributed by atoms with van der Waals surface area (Å²) in [6, 6.07) is 13.3. The van der Waals surface area contributed by atoms with Gasteiger partial charge in [-0.25, -0.2) is 0 Å². The largest absolute Gasteiger partial charge is 0.374 e. The zero-order valence-corrected chi connectivity index (χ0v) is 14.4. The molecule has 2 aromatic carbocycles. The minimum atomic E-state index is 0.879. The number of likely N-dealkylation sites (N-methyl/N-ethyl adjacent to an activating group) is 1. The lowest BCUT2D eigenvalue weighted by molar-refractivity contribution is 0.956. The van der Waals surface area contributed by atoms with Crippen molar-refractivity contribution in [2.45, 2.75) is 19.9 Å². The first-order chi connectivity index (χ1) is 11.5. The van der Waals surface area contributed by atoms with Crippen molar-refractivity contribution in [3.05, 3.63) is 71.9 Å². The molecule has 0 bridgehead atoms. The van der Waals surface area contributed by atoms with Crippen molar-refractivity contribution in [3.8, 4) is 0 Å². The van der Waals surface area contributed by atoms with Gasteiger partial charge in [-0.1, -0.05) is 25.3 Å². The molecule has 0 aliphatic carbocycles.